The van der Waals surface area contributed by atoms with Gasteiger partial charge in [-0.15, -0.1) is 11.3 Å². The maximum absolute atomic E-state index is 11.9. The summed E-state index contributed by atoms with van der Waals surface area (Å²) in [6.45, 7) is 1.98. The number of carbonyl (C=O) groups is 1. The summed E-state index contributed by atoms with van der Waals surface area (Å²) >= 11 is 7.67. The second-order valence-electron chi connectivity index (χ2n) is 5.05. The Hall–Kier alpha value is -1.86. The first-order valence-corrected chi connectivity index (χ1v) is 8.31. The molecule has 0 unspecified atom stereocenters. The van der Waals surface area contributed by atoms with Crippen molar-refractivity contribution in [1.82, 2.24) is 20.6 Å². The van der Waals surface area contributed by atoms with Gasteiger partial charge in [0.05, 0.1) is 22.8 Å². The smallest absolute Gasteiger partial charge is 0.315 e. The number of nitrogens with one attached hydrogen (secondary N) is 2. The number of nitrogens with zero attached hydrogens (tertiary/aromatic N) is 3. The van der Waals surface area contributed by atoms with E-state index in [1.54, 1.807) is 11.7 Å². The largest absolute Gasteiger partial charge is 0.353 e. The molecule has 2 N–H and O–H groups in total. The van der Waals surface area contributed by atoms with Crippen LogP contribution in [0.15, 0.2) is 29.2 Å². The fourth-order valence-corrected chi connectivity index (χ4v) is 3.21. The zero-order valence-electron chi connectivity index (χ0n) is 11.8. The molecule has 0 spiro atoms. The molecule has 2 amide bonds. The topological polar surface area (TPSA) is 70.2 Å². The van der Waals surface area contributed by atoms with Gasteiger partial charge in [0, 0.05) is 30.7 Å². The third-order valence-corrected chi connectivity index (χ3v) is 4.41. The molecule has 0 aromatic carbocycles. The Morgan fingerprint density at radius 1 is 1.50 bits per heavy atom. The van der Waals surface area contributed by atoms with E-state index in [4.69, 9.17) is 11.6 Å². The van der Waals surface area contributed by atoms with E-state index < -0.39 is 0 Å². The SMILES string of the molecule is O=C(NCc1cscn1)N[C@H]1CCN(c2ncccc2Cl)C1. The summed E-state index contributed by atoms with van der Waals surface area (Å²) in [4.78, 5) is 22.4. The number of amides is 2. The number of halogens is 1. The molecule has 22 heavy (non-hydrogen) atoms. The monoisotopic (exact) mass is 337 g/mol. The Morgan fingerprint density at radius 2 is 2.41 bits per heavy atom. The molecule has 1 saturated heterocycles. The predicted octanol–water partition coefficient (Wildman–Crippen LogP) is 2.27. The van der Waals surface area contributed by atoms with E-state index in [1.807, 2.05) is 17.5 Å². The number of hydrogen-bond acceptors (Lipinski definition) is 5. The van der Waals surface area contributed by atoms with Gasteiger partial charge < -0.3 is 15.5 Å². The van der Waals surface area contributed by atoms with Crippen LogP contribution in [0.2, 0.25) is 5.02 Å². The van der Waals surface area contributed by atoms with E-state index in [-0.39, 0.29) is 12.1 Å². The van der Waals surface area contributed by atoms with Gasteiger partial charge in [0.25, 0.3) is 0 Å². The molecule has 1 aliphatic heterocycles. The van der Waals surface area contributed by atoms with Gasteiger partial charge in [0.1, 0.15) is 5.82 Å². The third-order valence-electron chi connectivity index (χ3n) is 3.48. The minimum absolute atomic E-state index is 0.0912. The van der Waals surface area contributed by atoms with Crippen molar-refractivity contribution in [2.45, 2.75) is 19.0 Å². The van der Waals surface area contributed by atoms with Crippen LogP contribution in [0.3, 0.4) is 0 Å². The van der Waals surface area contributed by atoms with Crippen LogP contribution in [0.1, 0.15) is 12.1 Å². The van der Waals surface area contributed by atoms with Crippen molar-refractivity contribution >= 4 is 34.8 Å². The van der Waals surface area contributed by atoms with Crippen LogP contribution in [0, 0.1) is 0 Å². The Morgan fingerprint density at radius 3 is 3.18 bits per heavy atom. The summed E-state index contributed by atoms with van der Waals surface area (Å²) < 4.78 is 0. The molecule has 2 aromatic rings. The lowest BCUT2D eigenvalue weighted by Crippen LogP contribution is -2.43. The van der Waals surface area contributed by atoms with Gasteiger partial charge in [-0.3, -0.25) is 0 Å². The average molecular weight is 338 g/mol. The lowest BCUT2D eigenvalue weighted by Gasteiger charge is -2.19. The third kappa shape index (κ3) is 3.66. The van der Waals surface area contributed by atoms with Crippen molar-refractivity contribution in [3.05, 3.63) is 39.9 Å². The molecule has 0 bridgehead atoms. The minimum Gasteiger partial charge on any atom is -0.353 e. The average Bonchev–Trinajstić information content (AvgIpc) is 3.17. The number of rotatable bonds is 4. The molecular formula is C14H16ClN5OS. The van der Waals surface area contributed by atoms with E-state index in [1.165, 1.54) is 11.3 Å². The normalized spacial score (nSPS) is 17.5. The number of aromatic nitrogens is 2. The molecule has 2 aromatic heterocycles. The predicted molar refractivity (Wildman–Crippen MR) is 87.4 cm³/mol. The molecule has 0 aliphatic carbocycles. The maximum atomic E-state index is 11.9. The summed E-state index contributed by atoms with van der Waals surface area (Å²) in [5, 5.41) is 8.34. The van der Waals surface area contributed by atoms with Crippen LogP contribution in [-0.2, 0) is 6.54 Å². The molecule has 1 fully saturated rings. The highest BCUT2D eigenvalue weighted by atomic mass is 35.5. The summed E-state index contributed by atoms with van der Waals surface area (Å²) in [6, 6.07) is 3.55. The summed E-state index contributed by atoms with van der Waals surface area (Å²) in [6.07, 6.45) is 2.60. The van der Waals surface area contributed by atoms with E-state index in [0.717, 1.165) is 24.5 Å². The Labute approximate surface area is 137 Å². The maximum Gasteiger partial charge on any atom is 0.315 e. The summed E-state index contributed by atoms with van der Waals surface area (Å²) in [5.41, 5.74) is 2.62. The molecule has 1 aliphatic rings. The van der Waals surface area contributed by atoms with Crippen LogP contribution in [0.5, 0.6) is 0 Å². The van der Waals surface area contributed by atoms with Crippen LogP contribution in [0.25, 0.3) is 0 Å². The van der Waals surface area contributed by atoms with Gasteiger partial charge >= 0.3 is 6.03 Å². The molecule has 3 heterocycles. The summed E-state index contributed by atoms with van der Waals surface area (Å²) in [5.74, 6) is 0.774. The summed E-state index contributed by atoms with van der Waals surface area (Å²) in [7, 11) is 0. The number of carbonyl (C=O) groups excluding carboxylic acids is 1. The second kappa shape index (κ2) is 6.93. The molecule has 116 valence electrons. The highest BCUT2D eigenvalue weighted by molar-refractivity contribution is 7.07. The van der Waals surface area contributed by atoms with Crippen molar-refractivity contribution in [2.75, 3.05) is 18.0 Å². The molecule has 1 atom stereocenters. The molecule has 0 radical (unpaired) electrons. The zero-order valence-corrected chi connectivity index (χ0v) is 13.4. The number of thiazole rings is 1. The Kier molecular flexibility index (Phi) is 4.74. The van der Waals surface area contributed by atoms with E-state index in [0.29, 0.717) is 18.1 Å². The number of hydrogen-bond donors (Lipinski definition) is 2. The van der Waals surface area contributed by atoms with Gasteiger partial charge in [-0.2, -0.15) is 0 Å². The van der Waals surface area contributed by atoms with Crippen molar-refractivity contribution in [3.8, 4) is 0 Å². The van der Waals surface area contributed by atoms with Gasteiger partial charge in [-0.05, 0) is 18.6 Å². The quantitative estimate of drug-likeness (QED) is 0.898. The standard InChI is InChI=1S/C14H16ClN5OS/c15-12-2-1-4-16-13(12)20-5-3-10(7-20)19-14(21)17-6-11-8-22-9-18-11/h1-2,4,8-10H,3,5-7H2,(H2,17,19,21)/t10-/m0/s1. The lowest BCUT2D eigenvalue weighted by molar-refractivity contribution is 0.237. The molecule has 3 rings (SSSR count). The Balaban J connectivity index is 1.48. The first-order valence-electron chi connectivity index (χ1n) is 6.99. The van der Waals surface area contributed by atoms with Gasteiger partial charge in [-0.1, -0.05) is 11.6 Å². The van der Waals surface area contributed by atoms with E-state index >= 15 is 0 Å². The lowest BCUT2D eigenvalue weighted by atomic mass is 10.3. The Bertz CT molecular complexity index is 636. The second-order valence-corrected chi connectivity index (χ2v) is 6.17. The van der Waals surface area contributed by atoms with Crippen LogP contribution in [-0.4, -0.2) is 35.1 Å². The highest BCUT2D eigenvalue weighted by Gasteiger charge is 2.25. The number of anilines is 1. The van der Waals surface area contributed by atoms with Gasteiger partial charge in [0.2, 0.25) is 0 Å². The zero-order chi connectivity index (χ0) is 15.4. The van der Waals surface area contributed by atoms with Crippen molar-refractivity contribution in [3.63, 3.8) is 0 Å². The van der Waals surface area contributed by atoms with Crippen LogP contribution < -0.4 is 15.5 Å². The first-order chi connectivity index (χ1) is 10.7. The molecule has 0 saturated carbocycles. The molecular weight excluding hydrogens is 322 g/mol. The first kappa shape index (κ1) is 15.1. The molecule has 6 nitrogen and oxygen atoms in total. The molecule has 8 heteroatoms. The number of pyridine rings is 1. The van der Waals surface area contributed by atoms with Gasteiger partial charge in [0.15, 0.2) is 0 Å². The van der Waals surface area contributed by atoms with Crippen LogP contribution >= 0.6 is 22.9 Å². The number of urea groups is 1. The van der Waals surface area contributed by atoms with Crippen molar-refractivity contribution < 1.29 is 4.79 Å². The fourth-order valence-electron chi connectivity index (χ4n) is 2.41. The van der Waals surface area contributed by atoms with E-state index in [9.17, 15) is 4.79 Å². The van der Waals surface area contributed by atoms with E-state index in [2.05, 4.69) is 25.5 Å². The highest BCUT2D eigenvalue weighted by Crippen LogP contribution is 2.25. The van der Waals surface area contributed by atoms with Crippen molar-refractivity contribution in [1.29, 1.82) is 0 Å². The van der Waals surface area contributed by atoms with Crippen molar-refractivity contribution in [2.24, 2.45) is 0 Å². The minimum atomic E-state index is -0.174. The van der Waals surface area contributed by atoms with Crippen LogP contribution in [0.4, 0.5) is 10.6 Å². The van der Waals surface area contributed by atoms with Gasteiger partial charge in [-0.25, -0.2) is 14.8 Å². The fraction of sp³-hybridized carbons (Fsp3) is 0.357.